The molecule has 108 valence electrons. The number of carbonyl (C=O) groups is 1. The Morgan fingerprint density at radius 3 is 2.75 bits per heavy atom. The zero-order chi connectivity index (χ0) is 14.2. The van der Waals surface area contributed by atoms with Crippen LogP contribution in [0.4, 0.5) is 0 Å². The molecule has 1 saturated carbocycles. The molecule has 1 amide bonds. The summed E-state index contributed by atoms with van der Waals surface area (Å²) in [4.78, 5) is 14.0. The van der Waals surface area contributed by atoms with Gasteiger partial charge in [0.2, 0.25) is 5.91 Å². The molecule has 0 spiro atoms. The van der Waals surface area contributed by atoms with Gasteiger partial charge in [-0.1, -0.05) is 36.4 Å². The molecular weight excluding hydrogens is 248 g/mol. The highest BCUT2D eigenvalue weighted by atomic mass is 16.2. The Bertz CT molecular complexity index is 426. The molecule has 0 saturated heterocycles. The maximum Gasteiger partial charge on any atom is 0.236 e. The van der Waals surface area contributed by atoms with Gasteiger partial charge in [0.15, 0.2) is 0 Å². The van der Waals surface area contributed by atoms with Gasteiger partial charge >= 0.3 is 0 Å². The van der Waals surface area contributed by atoms with Gasteiger partial charge in [-0.3, -0.25) is 4.79 Å². The largest absolute Gasteiger partial charge is 0.338 e. The van der Waals surface area contributed by atoms with Crippen LogP contribution in [0.25, 0.3) is 0 Å². The Kier molecular flexibility index (Phi) is 5.81. The second-order valence-electron chi connectivity index (χ2n) is 5.44. The molecule has 3 heteroatoms. The normalized spacial score (nSPS) is 14.0. The summed E-state index contributed by atoms with van der Waals surface area (Å²) in [6, 6.07) is 10.3. The van der Waals surface area contributed by atoms with E-state index < -0.39 is 0 Å². The predicted molar refractivity (Wildman–Crippen MR) is 82.5 cm³/mol. The van der Waals surface area contributed by atoms with Crippen molar-refractivity contribution in [1.82, 2.24) is 10.2 Å². The first-order valence-corrected chi connectivity index (χ1v) is 7.43. The van der Waals surface area contributed by atoms with Crippen LogP contribution >= 0.6 is 0 Å². The summed E-state index contributed by atoms with van der Waals surface area (Å²) in [5, 5.41) is 3.26. The lowest BCUT2D eigenvalue weighted by Crippen LogP contribution is -2.40. The first-order chi connectivity index (χ1) is 9.79. The van der Waals surface area contributed by atoms with Crippen LogP contribution in [-0.4, -0.2) is 37.0 Å². The third kappa shape index (κ3) is 5.17. The minimum Gasteiger partial charge on any atom is -0.338 e. The van der Waals surface area contributed by atoms with Crippen LogP contribution in [0.5, 0.6) is 0 Å². The van der Waals surface area contributed by atoms with Gasteiger partial charge in [0.1, 0.15) is 0 Å². The van der Waals surface area contributed by atoms with Crippen LogP contribution in [0.2, 0.25) is 0 Å². The maximum atomic E-state index is 12.2. The van der Waals surface area contributed by atoms with Crippen molar-refractivity contribution in [3.05, 3.63) is 48.6 Å². The quantitative estimate of drug-likeness (QED) is 0.699. The number of hydrogen-bond donors (Lipinski definition) is 1. The smallest absolute Gasteiger partial charge is 0.236 e. The van der Waals surface area contributed by atoms with Crippen LogP contribution in [-0.2, 0) is 11.2 Å². The Balaban J connectivity index is 1.75. The predicted octanol–water partition coefficient (Wildman–Crippen LogP) is 2.24. The molecule has 1 aromatic carbocycles. The van der Waals surface area contributed by atoms with E-state index in [0.717, 1.165) is 25.4 Å². The summed E-state index contributed by atoms with van der Waals surface area (Å²) >= 11 is 0. The summed E-state index contributed by atoms with van der Waals surface area (Å²) in [6.45, 7) is 6.54. The number of nitrogens with zero attached hydrogens (tertiary/aromatic N) is 1. The Morgan fingerprint density at radius 2 is 2.10 bits per heavy atom. The van der Waals surface area contributed by atoms with Crippen molar-refractivity contribution in [2.75, 3.05) is 26.2 Å². The second-order valence-corrected chi connectivity index (χ2v) is 5.44. The molecule has 1 N–H and O–H groups in total. The lowest BCUT2D eigenvalue weighted by Gasteiger charge is -2.21. The van der Waals surface area contributed by atoms with Crippen LogP contribution < -0.4 is 5.32 Å². The number of carbonyl (C=O) groups excluding carboxylic acids is 1. The van der Waals surface area contributed by atoms with E-state index in [1.165, 1.54) is 18.4 Å². The van der Waals surface area contributed by atoms with Crippen LogP contribution in [0.15, 0.2) is 43.0 Å². The molecule has 0 aliphatic heterocycles. The average Bonchev–Trinajstić information content (AvgIpc) is 3.28. The molecule has 0 heterocycles. The lowest BCUT2D eigenvalue weighted by atomic mass is 10.1. The van der Waals surface area contributed by atoms with Crippen LogP contribution in [0.1, 0.15) is 18.4 Å². The summed E-state index contributed by atoms with van der Waals surface area (Å²) in [7, 11) is 0. The molecule has 20 heavy (non-hydrogen) atoms. The van der Waals surface area contributed by atoms with Crippen molar-refractivity contribution in [1.29, 1.82) is 0 Å². The number of hydrogen-bond acceptors (Lipinski definition) is 2. The monoisotopic (exact) mass is 272 g/mol. The van der Waals surface area contributed by atoms with E-state index in [4.69, 9.17) is 0 Å². The van der Waals surface area contributed by atoms with Gasteiger partial charge < -0.3 is 10.2 Å². The van der Waals surface area contributed by atoms with Crippen molar-refractivity contribution >= 4 is 5.91 Å². The van der Waals surface area contributed by atoms with E-state index in [1.807, 2.05) is 23.1 Å². The summed E-state index contributed by atoms with van der Waals surface area (Å²) in [5.74, 6) is 0.974. The first-order valence-electron chi connectivity index (χ1n) is 7.43. The van der Waals surface area contributed by atoms with E-state index in [1.54, 1.807) is 6.08 Å². The summed E-state index contributed by atoms with van der Waals surface area (Å²) < 4.78 is 0. The van der Waals surface area contributed by atoms with Gasteiger partial charge in [0.25, 0.3) is 0 Å². The molecule has 2 rings (SSSR count). The molecule has 1 aliphatic carbocycles. The zero-order valence-corrected chi connectivity index (χ0v) is 12.1. The van der Waals surface area contributed by atoms with Gasteiger partial charge in [-0.2, -0.15) is 0 Å². The average molecular weight is 272 g/mol. The molecule has 0 radical (unpaired) electrons. The molecular formula is C17H24N2O. The van der Waals surface area contributed by atoms with Crippen molar-refractivity contribution in [2.45, 2.75) is 19.3 Å². The van der Waals surface area contributed by atoms with Gasteiger partial charge in [0.05, 0.1) is 6.54 Å². The molecule has 0 bridgehead atoms. The number of rotatable bonds is 9. The Labute approximate surface area is 121 Å². The van der Waals surface area contributed by atoms with Crippen molar-refractivity contribution in [3.63, 3.8) is 0 Å². The lowest BCUT2D eigenvalue weighted by molar-refractivity contribution is -0.129. The molecule has 1 fully saturated rings. The molecule has 1 aliphatic rings. The minimum atomic E-state index is 0.168. The standard InChI is InChI=1S/C17H24N2O/c1-2-11-19(12-10-15-6-4-3-5-7-15)17(20)14-18-13-16-8-9-16/h2-7,16,18H,1,8-14H2. The number of amides is 1. The van der Waals surface area contributed by atoms with Gasteiger partial charge in [-0.25, -0.2) is 0 Å². The summed E-state index contributed by atoms with van der Waals surface area (Å²) in [5.41, 5.74) is 1.26. The third-order valence-electron chi connectivity index (χ3n) is 3.62. The molecule has 3 nitrogen and oxygen atoms in total. The van der Waals surface area contributed by atoms with E-state index in [-0.39, 0.29) is 5.91 Å². The Morgan fingerprint density at radius 1 is 1.35 bits per heavy atom. The number of nitrogens with one attached hydrogen (secondary N) is 1. The maximum absolute atomic E-state index is 12.2. The highest BCUT2D eigenvalue weighted by Gasteiger charge is 2.21. The highest BCUT2D eigenvalue weighted by Crippen LogP contribution is 2.27. The van der Waals surface area contributed by atoms with Gasteiger partial charge in [0, 0.05) is 13.1 Å². The molecule has 1 aromatic rings. The highest BCUT2D eigenvalue weighted by molar-refractivity contribution is 5.78. The fourth-order valence-corrected chi connectivity index (χ4v) is 2.20. The summed E-state index contributed by atoms with van der Waals surface area (Å²) in [6.07, 6.45) is 5.31. The van der Waals surface area contributed by atoms with E-state index in [2.05, 4.69) is 24.0 Å². The van der Waals surface area contributed by atoms with Crippen LogP contribution in [0.3, 0.4) is 0 Å². The number of benzene rings is 1. The van der Waals surface area contributed by atoms with E-state index in [0.29, 0.717) is 13.1 Å². The third-order valence-corrected chi connectivity index (χ3v) is 3.62. The van der Waals surface area contributed by atoms with Crippen molar-refractivity contribution in [2.24, 2.45) is 5.92 Å². The topological polar surface area (TPSA) is 32.3 Å². The second kappa shape index (κ2) is 7.85. The van der Waals surface area contributed by atoms with Gasteiger partial charge in [-0.05, 0) is 37.3 Å². The Hall–Kier alpha value is -1.61. The van der Waals surface area contributed by atoms with E-state index in [9.17, 15) is 4.79 Å². The van der Waals surface area contributed by atoms with Crippen LogP contribution in [0, 0.1) is 5.92 Å². The first kappa shape index (κ1) is 14.8. The zero-order valence-electron chi connectivity index (χ0n) is 12.1. The fraction of sp³-hybridized carbons (Fsp3) is 0.471. The SMILES string of the molecule is C=CCN(CCc1ccccc1)C(=O)CNCC1CC1. The molecule has 0 aromatic heterocycles. The molecule has 0 unspecified atom stereocenters. The minimum absolute atomic E-state index is 0.168. The van der Waals surface area contributed by atoms with Gasteiger partial charge in [-0.15, -0.1) is 6.58 Å². The fourth-order valence-electron chi connectivity index (χ4n) is 2.20. The van der Waals surface area contributed by atoms with Crippen molar-refractivity contribution in [3.8, 4) is 0 Å². The van der Waals surface area contributed by atoms with E-state index >= 15 is 0 Å². The molecule has 0 atom stereocenters. The van der Waals surface area contributed by atoms with Crippen molar-refractivity contribution < 1.29 is 4.79 Å².